The summed E-state index contributed by atoms with van der Waals surface area (Å²) in [4.78, 5) is 37.1. The highest BCUT2D eigenvalue weighted by Gasteiger charge is 2.28. The van der Waals surface area contributed by atoms with Crippen LogP contribution < -0.4 is 0 Å². The first-order chi connectivity index (χ1) is 13.9. The molecule has 0 fully saturated rings. The normalized spacial score (nSPS) is 16.8. The Morgan fingerprint density at radius 1 is 1.24 bits per heavy atom. The van der Waals surface area contributed by atoms with Crippen LogP contribution >= 0.6 is 0 Å². The van der Waals surface area contributed by atoms with E-state index in [1.807, 2.05) is 29.3 Å². The van der Waals surface area contributed by atoms with Crippen molar-refractivity contribution in [3.63, 3.8) is 0 Å². The first-order valence-electron chi connectivity index (χ1n) is 9.01. The van der Waals surface area contributed by atoms with Crippen molar-refractivity contribution in [1.82, 2.24) is 4.90 Å². The van der Waals surface area contributed by atoms with Gasteiger partial charge >= 0.3 is 5.97 Å². The molecule has 2 aliphatic rings. The van der Waals surface area contributed by atoms with E-state index in [2.05, 4.69) is 0 Å². The van der Waals surface area contributed by atoms with E-state index in [9.17, 15) is 19.7 Å². The van der Waals surface area contributed by atoms with Crippen molar-refractivity contribution in [3.05, 3.63) is 93.4 Å². The van der Waals surface area contributed by atoms with E-state index in [0.29, 0.717) is 29.0 Å². The van der Waals surface area contributed by atoms with Crippen LogP contribution in [0.1, 0.15) is 18.9 Å². The Labute approximate surface area is 168 Å². The van der Waals surface area contributed by atoms with Crippen molar-refractivity contribution >= 4 is 23.0 Å². The lowest BCUT2D eigenvalue weighted by Crippen LogP contribution is -2.26. The third kappa shape index (κ3) is 4.24. The number of rotatable bonds is 5. The van der Waals surface area contributed by atoms with E-state index in [0.717, 1.165) is 5.57 Å². The fourth-order valence-electron chi connectivity index (χ4n) is 3.30. The number of hydrogen-bond donors (Lipinski definition) is 0. The number of methoxy groups -OCH3 is 1. The van der Waals surface area contributed by atoms with E-state index < -0.39 is 10.9 Å². The molecule has 0 aromatic heterocycles. The lowest BCUT2D eigenvalue weighted by atomic mass is 9.86. The molecule has 0 saturated heterocycles. The molecule has 0 atom stereocenters. The molecule has 0 bridgehead atoms. The Morgan fingerprint density at radius 2 is 1.97 bits per heavy atom. The van der Waals surface area contributed by atoms with E-state index in [4.69, 9.17) is 4.74 Å². The number of nitro benzene ring substituents is 1. The molecule has 0 N–H and O–H groups in total. The Kier molecular flexibility index (Phi) is 5.87. The van der Waals surface area contributed by atoms with Crippen molar-refractivity contribution in [2.75, 3.05) is 13.7 Å². The number of esters is 1. The summed E-state index contributed by atoms with van der Waals surface area (Å²) in [6.45, 7) is 2.34. The van der Waals surface area contributed by atoms with Crippen LogP contribution in [-0.2, 0) is 14.3 Å². The van der Waals surface area contributed by atoms with Gasteiger partial charge in [-0.05, 0) is 41.8 Å². The second kappa shape index (κ2) is 8.52. The summed E-state index contributed by atoms with van der Waals surface area (Å²) in [5.41, 5.74) is 3.10. The molecule has 1 aliphatic heterocycles. The molecule has 0 amide bonds. The summed E-state index contributed by atoms with van der Waals surface area (Å²) in [5.74, 6) is -0.572. The highest BCUT2D eigenvalue weighted by atomic mass is 16.6. The van der Waals surface area contributed by atoms with Crippen LogP contribution in [-0.4, -0.2) is 35.2 Å². The maximum Gasteiger partial charge on any atom is 0.330 e. The molecule has 29 heavy (non-hydrogen) atoms. The molecule has 1 heterocycles. The number of nitrogens with zero attached hydrogens (tertiary/aromatic N) is 2. The van der Waals surface area contributed by atoms with Crippen molar-refractivity contribution in [2.45, 2.75) is 13.3 Å². The van der Waals surface area contributed by atoms with E-state index in [1.54, 1.807) is 25.1 Å². The molecule has 3 rings (SSSR count). The molecule has 7 nitrogen and oxygen atoms in total. The van der Waals surface area contributed by atoms with Gasteiger partial charge in [0.25, 0.3) is 5.69 Å². The lowest BCUT2D eigenvalue weighted by Gasteiger charge is -2.31. The Hall–Kier alpha value is -3.74. The summed E-state index contributed by atoms with van der Waals surface area (Å²) < 4.78 is 4.73. The summed E-state index contributed by atoms with van der Waals surface area (Å²) in [5, 5.41) is 11.0. The molecular weight excluding hydrogens is 372 g/mol. The van der Waals surface area contributed by atoms with Gasteiger partial charge in [0.05, 0.1) is 17.7 Å². The molecule has 1 aromatic carbocycles. The standard InChI is InChI=1S/C22H20N2O5/c1-15(14-20(26)29-2)18-10-11-19(25)21(22(18)23-12-4-3-5-13-23)16-6-8-17(9-7-16)24(27)28/h3-10,12,14H,11,13H2,1-2H3/b15-14+. The van der Waals surface area contributed by atoms with E-state index in [-0.39, 0.29) is 17.9 Å². The summed E-state index contributed by atoms with van der Waals surface area (Å²) in [6.07, 6.45) is 10.9. The molecule has 148 valence electrons. The van der Waals surface area contributed by atoms with Gasteiger partial charge in [-0.15, -0.1) is 0 Å². The quantitative estimate of drug-likeness (QED) is 0.328. The molecule has 7 heteroatoms. The molecule has 0 radical (unpaired) electrons. The fraction of sp³-hybridized carbons (Fsp3) is 0.182. The average Bonchev–Trinajstić information content (AvgIpc) is 2.74. The third-order valence-electron chi connectivity index (χ3n) is 4.69. The van der Waals surface area contributed by atoms with Crippen molar-refractivity contribution in [2.24, 2.45) is 0 Å². The smallest absolute Gasteiger partial charge is 0.330 e. The van der Waals surface area contributed by atoms with Gasteiger partial charge < -0.3 is 9.64 Å². The highest BCUT2D eigenvalue weighted by Crippen LogP contribution is 2.37. The van der Waals surface area contributed by atoms with Gasteiger partial charge in [0.1, 0.15) is 0 Å². The van der Waals surface area contributed by atoms with Gasteiger partial charge in [-0.25, -0.2) is 4.79 Å². The number of carbonyl (C=O) groups is 2. The Balaban J connectivity index is 2.18. The van der Waals surface area contributed by atoms with Crippen LogP contribution in [0.5, 0.6) is 0 Å². The summed E-state index contributed by atoms with van der Waals surface area (Å²) in [7, 11) is 1.31. The number of non-ortho nitro benzene ring substituents is 1. The minimum atomic E-state index is -0.481. The first-order valence-corrected chi connectivity index (χ1v) is 9.01. The zero-order chi connectivity index (χ0) is 21.0. The van der Waals surface area contributed by atoms with Crippen molar-refractivity contribution in [1.29, 1.82) is 0 Å². The molecule has 0 spiro atoms. The predicted molar refractivity (Wildman–Crippen MR) is 108 cm³/mol. The maximum atomic E-state index is 12.9. The Bertz CT molecular complexity index is 1010. The largest absolute Gasteiger partial charge is 0.466 e. The number of ketones is 1. The molecular formula is C22H20N2O5. The van der Waals surface area contributed by atoms with Gasteiger partial charge in [-0.1, -0.05) is 18.2 Å². The monoisotopic (exact) mass is 392 g/mol. The SMILES string of the molecule is COC(=O)/C=C(\C)C1=CCC(=O)C(c2ccc([N+](=O)[O-])cc2)=C1N1C=CC=CC1. The van der Waals surface area contributed by atoms with Crippen molar-refractivity contribution < 1.29 is 19.2 Å². The zero-order valence-corrected chi connectivity index (χ0v) is 16.1. The second-order valence-corrected chi connectivity index (χ2v) is 6.55. The zero-order valence-electron chi connectivity index (χ0n) is 16.1. The number of hydrogen-bond acceptors (Lipinski definition) is 6. The molecule has 1 aliphatic carbocycles. The van der Waals surface area contributed by atoms with Gasteiger partial charge in [0.2, 0.25) is 0 Å². The van der Waals surface area contributed by atoms with Crippen molar-refractivity contribution in [3.8, 4) is 0 Å². The van der Waals surface area contributed by atoms with Gasteiger partial charge in [-0.3, -0.25) is 14.9 Å². The van der Waals surface area contributed by atoms with Crippen LogP contribution in [0.25, 0.3) is 5.57 Å². The Morgan fingerprint density at radius 3 is 2.55 bits per heavy atom. The van der Waals surface area contributed by atoms with Crippen LogP contribution in [0.4, 0.5) is 5.69 Å². The van der Waals surface area contributed by atoms with Crippen LogP contribution in [0, 0.1) is 10.1 Å². The number of carbonyl (C=O) groups excluding carboxylic acids is 2. The average molecular weight is 392 g/mol. The minimum Gasteiger partial charge on any atom is -0.466 e. The maximum absolute atomic E-state index is 12.9. The van der Waals surface area contributed by atoms with Gasteiger partial charge in [-0.2, -0.15) is 0 Å². The molecule has 0 unspecified atom stereocenters. The lowest BCUT2D eigenvalue weighted by molar-refractivity contribution is -0.384. The van der Waals surface area contributed by atoms with Gasteiger partial charge in [0.15, 0.2) is 5.78 Å². The van der Waals surface area contributed by atoms with E-state index in [1.165, 1.54) is 25.3 Å². The number of Topliss-reactive ketones (excluding diaryl/α,β-unsaturated/α-hetero) is 1. The third-order valence-corrected chi connectivity index (χ3v) is 4.69. The number of nitro groups is 1. The van der Waals surface area contributed by atoms with Crippen LogP contribution in [0.2, 0.25) is 0 Å². The number of benzene rings is 1. The van der Waals surface area contributed by atoms with E-state index >= 15 is 0 Å². The highest BCUT2D eigenvalue weighted by molar-refractivity contribution is 6.24. The topological polar surface area (TPSA) is 89.8 Å². The number of ether oxygens (including phenoxy) is 1. The predicted octanol–water partition coefficient (Wildman–Crippen LogP) is 3.71. The first kappa shape index (κ1) is 20.0. The fourth-order valence-corrected chi connectivity index (χ4v) is 3.30. The van der Waals surface area contributed by atoms with Crippen LogP contribution in [0.15, 0.2) is 77.7 Å². The summed E-state index contributed by atoms with van der Waals surface area (Å²) >= 11 is 0. The molecule has 0 saturated carbocycles. The summed E-state index contributed by atoms with van der Waals surface area (Å²) in [6, 6.07) is 5.93. The van der Waals surface area contributed by atoms with Crippen LogP contribution in [0.3, 0.4) is 0 Å². The van der Waals surface area contributed by atoms with Gasteiger partial charge in [0, 0.05) is 42.9 Å². The number of allylic oxidation sites excluding steroid dienone is 5. The molecule has 1 aromatic rings. The minimum absolute atomic E-state index is 0.0440. The second-order valence-electron chi connectivity index (χ2n) is 6.55.